The van der Waals surface area contributed by atoms with E-state index >= 15 is 0 Å². The molecular formula is C13H18N2OS. The third kappa shape index (κ3) is 2.96. The van der Waals surface area contributed by atoms with Crippen LogP contribution in [0.1, 0.15) is 18.4 Å². The van der Waals surface area contributed by atoms with E-state index in [2.05, 4.69) is 18.0 Å². The van der Waals surface area contributed by atoms with Gasteiger partial charge in [-0.05, 0) is 25.0 Å². The summed E-state index contributed by atoms with van der Waals surface area (Å²) in [4.78, 5) is 2.70. The molecular weight excluding hydrogens is 232 g/mol. The monoisotopic (exact) mass is 250 g/mol. The summed E-state index contributed by atoms with van der Waals surface area (Å²) in [6, 6.07) is 8.50. The number of nitrogens with two attached hydrogens (primary N) is 1. The minimum atomic E-state index is 0.445. The van der Waals surface area contributed by atoms with E-state index in [1.165, 1.54) is 6.42 Å². The molecule has 1 heterocycles. The molecule has 1 aliphatic rings. The highest BCUT2D eigenvalue weighted by molar-refractivity contribution is 7.80. The van der Waals surface area contributed by atoms with Crippen molar-refractivity contribution in [3.63, 3.8) is 0 Å². The topological polar surface area (TPSA) is 38.5 Å². The maximum absolute atomic E-state index is 5.65. The largest absolute Gasteiger partial charge is 0.389 e. The van der Waals surface area contributed by atoms with Crippen molar-refractivity contribution in [3.8, 4) is 0 Å². The first-order valence-electron chi connectivity index (χ1n) is 5.89. The van der Waals surface area contributed by atoms with Gasteiger partial charge in [-0.2, -0.15) is 0 Å². The molecule has 0 saturated carbocycles. The Hall–Kier alpha value is -1.13. The predicted molar refractivity (Wildman–Crippen MR) is 74.6 cm³/mol. The second-order valence-corrected chi connectivity index (χ2v) is 4.84. The van der Waals surface area contributed by atoms with Crippen LogP contribution in [0.15, 0.2) is 24.3 Å². The highest BCUT2D eigenvalue weighted by Crippen LogP contribution is 2.21. The molecule has 1 unspecified atom stereocenters. The van der Waals surface area contributed by atoms with E-state index in [1.54, 1.807) is 0 Å². The summed E-state index contributed by atoms with van der Waals surface area (Å²) in [6.45, 7) is 1.69. The van der Waals surface area contributed by atoms with E-state index < -0.39 is 0 Å². The summed E-state index contributed by atoms with van der Waals surface area (Å²) >= 11 is 5.00. The molecule has 2 N–H and O–H groups in total. The van der Waals surface area contributed by atoms with E-state index in [9.17, 15) is 0 Å². The van der Waals surface area contributed by atoms with Crippen molar-refractivity contribution >= 4 is 22.9 Å². The van der Waals surface area contributed by atoms with Gasteiger partial charge in [0.2, 0.25) is 0 Å². The van der Waals surface area contributed by atoms with Crippen LogP contribution in [0.4, 0.5) is 5.69 Å². The SMILES string of the molecule is CN(c1cccc(C(N)=S)c1)C1CCCOC1. The molecule has 2 rings (SSSR count). The van der Waals surface area contributed by atoms with Crippen molar-refractivity contribution in [2.24, 2.45) is 5.73 Å². The Morgan fingerprint density at radius 1 is 1.53 bits per heavy atom. The molecule has 1 aromatic rings. The van der Waals surface area contributed by atoms with Crippen molar-refractivity contribution in [2.45, 2.75) is 18.9 Å². The van der Waals surface area contributed by atoms with Crippen LogP contribution < -0.4 is 10.6 Å². The predicted octanol–water partition coefficient (Wildman–Crippen LogP) is 1.94. The average Bonchev–Trinajstić information content (AvgIpc) is 2.39. The molecule has 1 aliphatic heterocycles. The lowest BCUT2D eigenvalue weighted by Crippen LogP contribution is -2.38. The Bertz CT molecular complexity index is 402. The summed E-state index contributed by atoms with van der Waals surface area (Å²) in [5.74, 6) is 0. The summed E-state index contributed by atoms with van der Waals surface area (Å²) in [7, 11) is 2.10. The zero-order valence-corrected chi connectivity index (χ0v) is 10.9. The second-order valence-electron chi connectivity index (χ2n) is 4.40. The highest BCUT2D eigenvalue weighted by Gasteiger charge is 2.19. The maximum atomic E-state index is 5.65. The average molecular weight is 250 g/mol. The number of rotatable bonds is 3. The van der Waals surface area contributed by atoms with Crippen LogP contribution in [0.2, 0.25) is 0 Å². The van der Waals surface area contributed by atoms with Gasteiger partial charge in [0.05, 0.1) is 12.6 Å². The fourth-order valence-corrected chi connectivity index (χ4v) is 2.25. The van der Waals surface area contributed by atoms with Crippen LogP contribution in [0.3, 0.4) is 0 Å². The zero-order valence-electron chi connectivity index (χ0n) is 10.1. The molecule has 1 aromatic carbocycles. The Morgan fingerprint density at radius 2 is 2.35 bits per heavy atom. The van der Waals surface area contributed by atoms with Gasteiger partial charge in [-0.3, -0.25) is 0 Å². The maximum Gasteiger partial charge on any atom is 0.104 e. The molecule has 3 nitrogen and oxygen atoms in total. The van der Waals surface area contributed by atoms with Gasteiger partial charge in [0.1, 0.15) is 4.99 Å². The molecule has 1 fully saturated rings. The molecule has 0 amide bonds. The molecule has 1 atom stereocenters. The number of nitrogens with zero attached hydrogens (tertiary/aromatic N) is 1. The Kier molecular flexibility index (Phi) is 3.97. The molecule has 0 spiro atoms. The number of ether oxygens (including phenoxy) is 1. The summed E-state index contributed by atoms with van der Waals surface area (Å²) in [6.07, 6.45) is 2.30. The van der Waals surface area contributed by atoms with E-state index in [0.717, 1.165) is 30.9 Å². The minimum Gasteiger partial charge on any atom is -0.389 e. The van der Waals surface area contributed by atoms with Crippen molar-refractivity contribution in [1.82, 2.24) is 0 Å². The van der Waals surface area contributed by atoms with Crippen molar-refractivity contribution < 1.29 is 4.74 Å². The van der Waals surface area contributed by atoms with Gasteiger partial charge < -0.3 is 15.4 Å². The number of thiocarbonyl (C=S) groups is 1. The zero-order chi connectivity index (χ0) is 12.3. The molecule has 0 radical (unpaired) electrons. The van der Waals surface area contributed by atoms with Gasteiger partial charge in [0, 0.05) is 24.9 Å². The van der Waals surface area contributed by atoms with E-state index in [0.29, 0.717) is 11.0 Å². The fourth-order valence-electron chi connectivity index (χ4n) is 2.12. The number of hydrogen-bond acceptors (Lipinski definition) is 3. The lowest BCUT2D eigenvalue weighted by molar-refractivity contribution is 0.0807. The first kappa shape index (κ1) is 12.3. The van der Waals surface area contributed by atoms with Crippen LogP contribution in [0.5, 0.6) is 0 Å². The van der Waals surface area contributed by atoms with Gasteiger partial charge >= 0.3 is 0 Å². The van der Waals surface area contributed by atoms with Crippen LogP contribution >= 0.6 is 12.2 Å². The Morgan fingerprint density at radius 3 is 3.00 bits per heavy atom. The highest BCUT2D eigenvalue weighted by atomic mass is 32.1. The molecule has 0 aliphatic carbocycles. The van der Waals surface area contributed by atoms with Gasteiger partial charge in [0.15, 0.2) is 0 Å². The van der Waals surface area contributed by atoms with Gasteiger partial charge in [-0.1, -0.05) is 24.4 Å². The van der Waals surface area contributed by atoms with Crippen LogP contribution in [-0.2, 0) is 4.74 Å². The lowest BCUT2D eigenvalue weighted by atomic mass is 10.1. The third-order valence-corrected chi connectivity index (χ3v) is 3.46. The lowest BCUT2D eigenvalue weighted by Gasteiger charge is -2.33. The van der Waals surface area contributed by atoms with Crippen molar-refractivity contribution in [3.05, 3.63) is 29.8 Å². The minimum absolute atomic E-state index is 0.445. The first-order valence-corrected chi connectivity index (χ1v) is 6.30. The van der Waals surface area contributed by atoms with Gasteiger partial charge in [-0.25, -0.2) is 0 Å². The summed E-state index contributed by atoms with van der Waals surface area (Å²) in [5, 5.41) is 0. The van der Waals surface area contributed by atoms with Crippen molar-refractivity contribution in [2.75, 3.05) is 25.2 Å². The number of hydrogen-bond donors (Lipinski definition) is 1. The molecule has 4 heteroatoms. The van der Waals surface area contributed by atoms with Gasteiger partial charge in [0.25, 0.3) is 0 Å². The van der Waals surface area contributed by atoms with Gasteiger partial charge in [-0.15, -0.1) is 0 Å². The fraction of sp³-hybridized carbons (Fsp3) is 0.462. The standard InChI is InChI=1S/C13H18N2OS/c1-15(12-6-3-7-16-9-12)11-5-2-4-10(8-11)13(14)17/h2,4-5,8,12H,3,6-7,9H2,1H3,(H2,14,17). The molecule has 0 bridgehead atoms. The van der Waals surface area contributed by atoms with Crippen LogP contribution in [-0.4, -0.2) is 31.3 Å². The molecule has 1 saturated heterocycles. The Labute approximate surface area is 108 Å². The normalized spacial score (nSPS) is 19.9. The van der Waals surface area contributed by atoms with Crippen LogP contribution in [0.25, 0.3) is 0 Å². The summed E-state index contributed by atoms with van der Waals surface area (Å²) in [5.41, 5.74) is 7.71. The second kappa shape index (κ2) is 5.47. The number of anilines is 1. The quantitative estimate of drug-likeness (QED) is 0.832. The molecule has 17 heavy (non-hydrogen) atoms. The number of likely N-dealkylation sites (N-methyl/N-ethyl adjacent to an activating group) is 1. The third-order valence-electron chi connectivity index (χ3n) is 3.22. The van der Waals surface area contributed by atoms with Crippen LogP contribution in [0, 0.1) is 0 Å². The van der Waals surface area contributed by atoms with E-state index in [1.807, 2.05) is 18.2 Å². The Balaban J connectivity index is 2.14. The first-order chi connectivity index (χ1) is 8.18. The van der Waals surface area contributed by atoms with Crippen molar-refractivity contribution in [1.29, 1.82) is 0 Å². The molecule has 92 valence electrons. The van der Waals surface area contributed by atoms with E-state index in [4.69, 9.17) is 22.7 Å². The van der Waals surface area contributed by atoms with E-state index in [-0.39, 0.29) is 0 Å². The smallest absolute Gasteiger partial charge is 0.104 e. The number of benzene rings is 1. The summed E-state index contributed by atoms with van der Waals surface area (Å²) < 4.78 is 5.51. The molecule has 0 aromatic heterocycles.